The molecule has 4 aliphatic rings. The van der Waals surface area contributed by atoms with E-state index < -0.39 is 149 Å². The summed E-state index contributed by atoms with van der Waals surface area (Å²) in [6, 6.07) is 0. The molecule has 0 aliphatic carbocycles. The molecule has 0 aromatic rings. The van der Waals surface area contributed by atoms with E-state index >= 15 is 0 Å². The van der Waals surface area contributed by atoms with Gasteiger partial charge in [-0.2, -0.15) is 0 Å². The van der Waals surface area contributed by atoms with Crippen LogP contribution in [0.2, 0.25) is 0 Å². The molecule has 22 heteroatoms. The lowest BCUT2D eigenvalue weighted by molar-refractivity contribution is -0.359. The lowest BCUT2D eigenvalue weighted by Gasteiger charge is -2.46. The first kappa shape index (κ1) is 58.7. The second-order valence-corrected chi connectivity index (χ2v) is 18.5. The first-order valence-electron chi connectivity index (χ1n) is 24.7. The van der Waals surface area contributed by atoms with Crippen LogP contribution in [-0.4, -0.2) is 240 Å². The molecule has 14 N–H and O–H groups in total. The van der Waals surface area contributed by atoms with Crippen LogP contribution in [0.5, 0.6) is 0 Å². The highest BCUT2D eigenvalue weighted by atomic mass is 16.7. The number of aliphatic hydroxyl groups is 14. The van der Waals surface area contributed by atoms with E-state index in [1.54, 1.807) is 0 Å². The van der Waals surface area contributed by atoms with E-state index in [1.807, 2.05) is 0 Å². The smallest absolute Gasteiger partial charge is 0.187 e. The van der Waals surface area contributed by atoms with E-state index in [0.717, 1.165) is 51.4 Å². The zero-order valence-electron chi connectivity index (χ0n) is 38.8. The van der Waals surface area contributed by atoms with Gasteiger partial charge in [-0.3, -0.25) is 0 Å². The molecular formula is C45H84O22. The Kier molecular flexibility index (Phi) is 27.6. The number of rotatable bonds is 32. The molecule has 0 bridgehead atoms. The van der Waals surface area contributed by atoms with Crippen molar-refractivity contribution in [3.8, 4) is 0 Å². The molecule has 4 aliphatic heterocycles. The lowest BCUT2D eigenvalue weighted by Crippen LogP contribution is -2.64. The van der Waals surface area contributed by atoms with Gasteiger partial charge < -0.3 is 109 Å². The Labute approximate surface area is 393 Å². The maximum absolute atomic E-state index is 10.8. The van der Waals surface area contributed by atoms with Crippen LogP contribution in [0.15, 0.2) is 0 Å². The number of aliphatic hydroxyl groups excluding tert-OH is 14. The Bertz CT molecular complexity index is 1180. The van der Waals surface area contributed by atoms with Crippen molar-refractivity contribution in [2.75, 3.05) is 46.2 Å². The molecule has 4 rings (SSSR count). The highest BCUT2D eigenvalue weighted by Crippen LogP contribution is 2.31. The Morgan fingerprint density at radius 2 is 0.597 bits per heavy atom. The molecule has 0 amide bonds. The maximum Gasteiger partial charge on any atom is 0.187 e. The van der Waals surface area contributed by atoms with Gasteiger partial charge in [-0.1, -0.05) is 103 Å². The zero-order valence-corrected chi connectivity index (χ0v) is 38.8. The Balaban J connectivity index is 0.909. The first-order valence-corrected chi connectivity index (χ1v) is 24.7. The second kappa shape index (κ2) is 31.5. The van der Waals surface area contributed by atoms with Crippen LogP contribution in [-0.2, 0) is 37.9 Å². The summed E-state index contributed by atoms with van der Waals surface area (Å²) in [5.41, 5.74) is 0. The molecule has 0 spiro atoms. The third-order valence-corrected chi connectivity index (χ3v) is 13.3. The van der Waals surface area contributed by atoms with Gasteiger partial charge in [0.25, 0.3) is 0 Å². The fourth-order valence-corrected chi connectivity index (χ4v) is 9.03. The zero-order chi connectivity index (χ0) is 48.9. The molecule has 12 unspecified atom stereocenters. The minimum Gasteiger partial charge on any atom is -0.394 e. The average Bonchev–Trinajstić information content (AvgIpc) is 3.33. The highest BCUT2D eigenvalue weighted by Gasteiger charge is 2.52. The minimum atomic E-state index is -1.73. The third-order valence-electron chi connectivity index (χ3n) is 13.3. The Morgan fingerprint density at radius 3 is 1.00 bits per heavy atom. The van der Waals surface area contributed by atoms with E-state index in [4.69, 9.17) is 37.9 Å². The molecule has 20 atom stereocenters. The van der Waals surface area contributed by atoms with Crippen LogP contribution in [0.3, 0.4) is 0 Å². The molecular weight excluding hydrogens is 892 g/mol. The van der Waals surface area contributed by atoms with Crippen molar-refractivity contribution in [1.82, 2.24) is 0 Å². The lowest BCUT2D eigenvalue weighted by atomic mass is 9.94. The Hall–Kier alpha value is -0.880. The summed E-state index contributed by atoms with van der Waals surface area (Å²) in [6.07, 6.45) is -8.76. The SMILES string of the molecule is OCC1O[C@@H](OC2C(CO)O[C@@H](COCCCCCCCCCCCCCCCCCCCCOC3OC(CO)C(OC4OC(CO)C(O)[C@@H](O)[C@H]4O)[C@@H](O)[C@H]3O)C(O)[C@H]2O)C(O)[C@@H](O)C1O. The predicted octanol–water partition coefficient (Wildman–Crippen LogP) is -2.67. The van der Waals surface area contributed by atoms with Crippen molar-refractivity contribution in [3.63, 3.8) is 0 Å². The second-order valence-electron chi connectivity index (χ2n) is 18.5. The maximum atomic E-state index is 10.8. The van der Waals surface area contributed by atoms with Gasteiger partial charge in [-0.25, -0.2) is 0 Å². The van der Waals surface area contributed by atoms with Gasteiger partial charge in [-0.15, -0.1) is 0 Å². The largest absolute Gasteiger partial charge is 0.394 e. The topological polar surface area (TPSA) is 357 Å². The average molecular weight is 977 g/mol. The molecule has 0 aromatic heterocycles. The number of ether oxygens (including phenoxy) is 8. The van der Waals surface area contributed by atoms with Gasteiger partial charge in [0.05, 0.1) is 33.0 Å². The summed E-state index contributed by atoms with van der Waals surface area (Å²) in [7, 11) is 0. The molecule has 0 aromatic carbocycles. The molecule has 4 fully saturated rings. The monoisotopic (exact) mass is 977 g/mol. The van der Waals surface area contributed by atoms with Crippen LogP contribution in [0, 0.1) is 0 Å². The van der Waals surface area contributed by atoms with Gasteiger partial charge in [-0.05, 0) is 12.8 Å². The predicted molar refractivity (Wildman–Crippen MR) is 233 cm³/mol. The van der Waals surface area contributed by atoms with E-state index in [9.17, 15) is 71.5 Å². The van der Waals surface area contributed by atoms with Gasteiger partial charge in [0.15, 0.2) is 18.9 Å². The van der Waals surface area contributed by atoms with Crippen molar-refractivity contribution in [2.45, 2.75) is 238 Å². The molecule has 22 nitrogen and oxygen atoms in total. The molecule has 4 heterocycles. The van der Waals surface area contributed by atoms with Crippen molar-refractivity contribution >= 4 is 0 Å². The van der Waals surface area contributed by atoms with E-state index in [2.05, 4.69) is 0 Å². The molecule has 4 saturated heterocycles. The fourth-order valence-electron chi connectivity index (χ4n) is 9.03. The summed E-state index contributed by atoms with van der Waals surface area (Å²) in [5.74, 6) is 0. The van der Waals surface area contributed by atoms with Gasteiger partial charge in [0.2, 0.25) is 0 Å². The van der Waals surface area contributed by atoms with Gasteiger partial charge in [0, 0.05) is 13.2 Å². The molecule has 0 saturated carbocycles. The number of hydrogen-bond donors (Lipinski definition) is 14. The molecule has 67 heavy (non-hydrogen) atoms. The summed E-state index contributed by atoms with van der Waals surface area (Å²) < 4.78 is 44.6. The van der Waals surface area contributed by atoms with Gasteiger partial charge in [0.1, 0.15) is 104 Å². The minimum absolute atomic E-state index is 0.0162. The molecule has 396 valence electrons. The van der Waals surface area contributed by atoms with E-state index in [0.29, 0.717) is 6.61 Å². The Morgan fingerprint density at radius 1 is 0.284 bits per heavy atom. The number of hydrogen-bond acceptors (Lipinski definition) is 22. The van der Waals surface area contributed by atoms with Crippen LogP contribution < -0.4 is 0 Å². The van der Waals surface area contributed by atoms with Crippen molar-refractivity contribution in [3.05, 3.63) is 0 Å². The normalized spacial score (nSPS) is 39.5. The van der Waals surface area contributed by atoms with Crippen LogP contribution in [0.25, 0.3) is 0 Å². The standard InChI is InChI=1S/C45H84O22/c46-21-26-31(50)34(53)38(57)44(63-26)66-41-28(23-48)62-30(33(52)36(41)55)25-60-19-17-15-13-11-9-7-5-3-1-2-4-6-8-10-12-14-16-18-20-61-43-40(59)37(56)42(29(24-49)65-43)67-45-39(58)35(54)32(51)27(22-47)64-45/h26-59H,1-25H2/t26?,27?,28?,29?,30-,31?,32?,33?,34-,35+,36+,37-,38?,39+,40+,41?,42?,43?,44-,45?/m0/s1. The van der Waals surface area contributed by atoms with Crippen LogP contribution in [0.4, 0.5) is 0 Å². The first-order chi connectivity index (χ1) is 32.3. The summed E-state index contributed by atoms with van der Waals surface area (Å²) in [4.78, 5) is 0. The third kappa shape index (κ3) is 17.7. The highest BCUT2D eigenvalue weighted by molar-refractivity contribution is 4.96. The van der Waals surface area contributed by atoms with Gasteiger partial charge >= 0.3 is 0 Å². The summed E-state index contributed by atoms with van der Waals surface area (Å²) >= 11 is 0. The molecule has 0 radical (unpaired) electrons. The fraction of sp³-hybridized carbons (Fsp3) is 1.00. The number of unbranched alkanes of at least 4 members (excludes halogenated alkanes) is 17. The van der Waals surface area contributed by atoms with E-state index in [-0.39, 0.29) is 13.2 Å². The van der Waals surface area contributed by atoms with Crippen LogP contribution in [0.1, 0.15) is 116 Å². The quantitative estimate of drug-likeness (QED) is 0.0306. The summed E-state index contributed by atoms with van der Waals surface area (Å²) in [6.45, 7) is -1.83. The van der Waals surface area contributed by atoms with E-state index in [1.165, 1.54) is 64.2 Å². The van der Waals surface area contributed by atoms with Crippen molar-refractivity contribution < 1.29 is 109 Å². The van der Waals surface area contributed by atoms with Crippen molar-refractivity contribution in [1.29, 1.82) is 0 Å². The van der Waals surface area contributed by atoms with Crippen LogP contribution >= 0.6 is 0 Å². The van der Waals surface area contributed by atoms with Crippen molar-refractivity contribution in [2.24, 2.45) is 0 Å². The summed E-state index contributed by atoms with van der Waals surface area (Å²) in [5, 5.41) is 142.